The lowest BCUT2D eigenvalue weighted by Gasteiger charge is -2.38. The summed E-state index contributed by atoms with van der Waals surface area (Å²) in [6.07, 6.45) is -0.649. The fraction of sp³-hybridized carbons (Fsp3) is 0.188. The fourth-order valence-electron chi connectivity index (χ4n) is 2.53. The van der Waals surface area contributed by atoms with Gasteiger partial charge in [0.15, 0.2) is 11.5 Å². The van der Waals surface area contributed by atoms with E-state index in [2.05, 4.69) is 16.1 Å². The second-order valence-corrected chi connectivity index (χ2v) is 5.65. The molecule has 10 heteroatoms. The number of nitrogens with zero attached hydrogens (tertiary/aromatic N) is 2. The number of hydroxylamine groups is 1. The quantitative estimate of drug-likeness (QED) is 0.397. The molecule has 3 rings (SSSR count). The van der Waals surface area contributed by atoms with E-state index in [0.717, 1.165) is 10.6 Å². The van der Waals surface area contributed by atoms with Crippen molar-refractivity contribution in [2.75, 3.05) is 16.8 Å². The highest BCUT2D eigenvalue weighted by Crippen LogP contribution is 2.30. The molecular formula is C16H19N5O5. The Morgan fingerprint density at radius 3 is 2.54 bits per heavy atom. The Hall–Kier alpha value is -3.21. The maximum Gasteiger partial charge on any atom is 0.317 e. The molecule has 1 aliphatic heterocycles. The van der Waals surface area contributed by atoms with Crippen molar-refractivity contribution >= 4 is 17.4 Å². The number of anilines is 2. The summed E-state index contributed by atoms with van der Waals surface area (Å²) in [4.78, 5) is 12.0. The number of carbonyl (C=O) groups excluding carboxylic acids is 1. The summed E-state index contributed by atoms with van der Waals surface area (Å²) >= 11 is 0. The van der Waals surface area contributed by atoms with Crippen LogP contribution in [0.15, 0.2) is 42.5 Å². The van der Waals surface area contributed by atoms with Crippen LogP contribution in [0.1, 0.15) is 5.56 Å². The van der Waals surface area contributed by atoms with Crippen molar-refractivity contribution in [3.63, 3.8) is 0 Å². The standard InChI is InChI=1S/C16H19N5O5/c22-13-6-5-10(9-14(13)23)7-8-17-16(24)18-15-19-21(26)12-4-2-1-3-11(12)20(15)25/h1-6,9,15,19,22-23,25-26H,7-8H2,(H2,17,18,24). The van der Waals surface area contributed by atoms with Crippen LogP contribution < -0.4 is 26.3 Å². The number of phenols is 2. The molecule has 2 aromatic rings. The van der Waals surface area contributed by atoms with Gasteiger partial charge >= 0.3 is 6.03 Å². The Kier molecular flexibility index (Phi) is 4.98. The van der Waals surface area contributed by atoms with Crippen molar-refractivity contribution in [3.05, 3.63) is 48.0 Å². The van der Waals surface area contributed by atoms with Crippen LogP contribution in [0.4, 0.5) is 16.2 Å². The van der Waals surface area contributed by atoms with E-state index in [1.807, 2.05) is 0 Å². The molecule has 138 valence electrons. The van der Waals surface area contributed by atoms with Gasteiger partial charge < -0.3 is 20.8 Å². The minimum absolute atomic E-state index is 0.209. The first kappa shape index (κ1) is 17.6. The number of phenolic OH excluding ortho intramolecular Hbond substituents is 2. The average Bonchev–Trinajstić information content (AvgIpc) is 2.62. The molecule has 0 spiro atoms. The molecule has 26 heavy (non-hydrogen) atoms. The summed E-state index contributed by atoms with van der Waals surface area (Å²) in [5.74, 6) is -0.435. The van der Waals surface area contributed by atoms with Gasteiger partial charge in [-0.15, -0.1) is 0 Å². The third-order valence-corrected chi connectivity index (χ3v) is 3.85. The third-order valence-electron chi connectivity index (χ3n) is 3.85. The minimum Gasteiger partial charge on any atom is -0.504 e. The average molecular weight is 361 g/mol. The van der Waals surface area contributed by atoms with E-state index in [-0.39, 0.29) is 18.0 Å². The Balaban J connectivity index is 1.53. The van der Waals surface area contributed by atoms with Crippen LogP contribution in [0.5, 0.6) is 11.5 Å². The van der Waals surface area contributed by atoms with Crippen LogP contribution in [0, 0.1) is 0 Å². The van der Waals surface area contributed by atoms with Gasteiger partial charge in [-0.1, -0.05) is 18.2 Å². The van der Waals surface area contributed by atoms with E-state index < -0.39 is 12.3 Å². The van der Waals surface area contributed by atoms with E-state index in [4.69, 9.17) is 0 Å². The molecule has 1 atom stereocenters. The number of nitrogens with one attached hydrogen (secondary N) is 3. The maximum atomic E-state index is 12.0. The van der Waals surface area contributed by atoms with Crippen LogP contribution in [0.3, 0.4) is 0 Å². The van der Waals surface area contributed by atoms with Gasteiger partial charge in [0.1, 0.15) is 5.69 Å². The summed E-state index contributed by atoms with van der Waals surface area (Å²) in [7, 11) is 0. The van der Waals surface area contributed by atoms with Gasteiger partial charge in [-0.25, -0.2) is 9.86 Å². The SMILES string of the molecule is O=C(NCCc1ccc(O)c(O)c1)NC1NN(O)c2ccccc2N1O. The van der Waals surface area contributed by atoms with Crippen LogP contribution in [0.25, 0.3) is 0 Å². The molecule has 0 fully saturated rings. The lowest BCUT2D eigenvalue weighted by Crippen LogP contribution is -2.64. The number of hydrogen-bond donors (Lipinski definition) is 7. The highest BCUT2D eigenvalue weighted by molar-refractivity contribution is 5.76. The van der Waals surface area contributed by atoms with Gasteiger partial charge in [0.2, 0.25) is 6.29 Å². The molecule has 1 unspecified atom stereocenters. The lowest BCUT2D eigenvalue weighted by molar-refractivity contribution is 0.112. The summed E-state index contributed by atoms with van der Waals surface area (Å²) in [5, 5.41) is 45.4. The molecular weight excluding hydrogens is 342 g/mol. The highest BCUT2D eigenvalue weighted by Gasteiger charge is 2.29. The molecule has 0 bridgehead atoms. The largest absolute Gasteiger partial charge is 0.504 e. The summed E-state index contributed by atoms with van der Waals surface area (Å²) in [6, 6.07) is 10.4. The van der Waals surface area contributed by atoms with Crippen molar-refractivity contribution in [3.8, 4) is 11.5 Å². The molecule has 7 N–H and O–H groups in total. The van der Waals surface area contributed by atoms with Gasteiger partial charge in [-0.3, -0.25) is 10.4 Å². The molecule has 0 saturated heterocycles. The first-order chi connectivity index (χ1) is 12.5. The zero-order valence-corrected chi connectivity index (χ0v) is 13.6. The van der Waals surface area contributed by atoms with Gasteiger partial charge in [0.05, 0.1) is 5.69 Å². The Morgan fingerprint density at radius 1 is 1.08 bits per heavy atom. The molecule has 0 aromatic heterocycles. The second-order valence-electron chi connectivity index (χ2n) is 5.65. The smallest absolute Gasteiger partial charge is 0.317 e. The number of urea groups is 1. The van der Waals surface area contributed by atoms with Crippen LogP contribution in [-0.2, 0) is 6.42 Å². The summed E-state index contributed by atoms with van der Waals surface area (Å²) < 4.78 is 0. The second kappa shape index (κ2) is 7.35. The number of aromatic hydroxyl groups is 2. The Bertz CT molecular complexity index is 802. The predicted octanol–water partition coefficient (Wildman–Crippen LogP) is 0.833. The molecule has 0 saturated carbocycles. The number of para-hydroxylation sites is 2. The van der Waals surface area contributed by atoms with Crippen LogP contribution in [-0.4, -0.2) is 39.5 Å². The van der Waals surface area contributed by atoms with E-state index in [1.165, 1.54) is 12.1 Å². The van der Waals surface area contributed by atoms with Gasteiger partial charge in [-0.05, 0) is 36.2 Å². The predicted molar refractivity (Wildman–Crippen MR) is 91.9 cm³/mol. The molecule has 0 radical (unpaired) electrons. The molecule has 10 nitrogen and oxygen atoms in total. The Labute approximate surface area is 148 Å². The fourth-order valence-corrected chi connectivity index (χ4v) is 2.53. The molecule has 0 aliphatic carbocycles. The van der Waals surface area contributed by atoms with Crippen LogP contribution >= 0.6 is 0 Å². The van der Waals surface area contributed by atoms with E-state index in [1.54, 1.807) is 30.3 Å². The number of benzene rings is 2. The van der Waals surface area contributed by atoms with Crippen molar-refractivity contribution < 1.29 is 25.4 Å². The van der Waals surface area contributed by atoms with Crippen molar-refractivity contribution in [2.45, 2.75) is 12.7 Å². The summed E-state index contributed by atoms with van der Waals surface area (Å²) in [5.41, 5.74) is 3.89. The molecule has 1 aliphatic rings. The highest BCUT2D eigenvalue weighted by atomic mass is 16.6. The lowest BCUT2D eigenvalue weighted by atomic mass is 10.1. The van der Waals surface area contributed by atoms with Crippen molar-refractivity contribution in [1.29, 1.82) is 0 Å². The normalized spacial score (nSPS) is 16.2. The number of hydrogen-bond acceptors (Lipinski definition) is 8. The topological polar surface area (TPSA) is 141 Å². The number of carbonyl (C=O) groups is 1. The molecule has 2 amide bonds. The number of rotatable bonds is 4. The minimum atomic E-state index is -1.08. The van der Waals surface area contributed by atoms with Gasteiger partial charge in [0.25, 0.3) is 0 Å². The van der Waals surface area contributed by atoms with E-state index >= 15 is 0 Å². The van der Waals surface area contributed by atoms with Gasteiger partial charge in [0, 0.05) is 6.54 Å². The van der Waals surface area contributed by atoms with Crippen LogP contribution in [0.2, 0.25) is 0 Å². The monoisotopic (exact) mass is 361 g/mol. The van der Waals surface area contributed by atoms with Crippen molar-refractivity contribution in [1.82, 2.24) is 16.1 Å². The van der Waals surface area contributed by atoms with Gasteiger partial charge in [-0.2, -0.15) is 10.6 Å². The van der Waals surface area contributed by atoms with E-state index in [9.17, 15) is 25.4 Å². The zero-order valence-electron chi connectivity index (χ0n) is 13.6. The number of fused-ring (bicyclic) bond motifs is 1. The van der Waals surface area contributed by atoms with E-state index in [0.29, 0.717) is 23.0 Å². The molecule has 2 aromatic carbocycles. The number of amides is 2. The first-order valence-corrected chi connectivity index (χ1v) is 7.83. The Morgan fingerprint density at radius 2 is 1.81 bits per heavy atom. The maximum absolute atomic E-state index is 12.0. The number of hydrazine groups is 1. The zero-order chi connectivity index (χ0) is 18.7. The summed E-state index contributed by atoms with van der Waals surface area (Å²) in [6.45, 7) is 0.258. The third kappa shape index (κ3) is 3.72. The molecule has 1 heterocycles. The first-order valence-electron chi connectivity index (χ1n) is 7.83. The van der Waals surface area contributed by atoms with Crippen molar-refractivity contribution in [2.24, 2.45) is 0 Å².